The molecule has 0 atom stereocenters. The SMILES string of the molecule is Cc1c(NC(=O)OCC2c3ccccc3-c3ccccc32)cccc1C(=O)NCC#CC(=O)O. The van der Waals surface area contributed by atoms with E-state index in [0.717, 1.165) is 22.3 Å². The maximum absolute atomic E-state index is 12.6. The third kappa shape index (κ3) is 4.76. The van der Waals surface area contributed by atoms with Gasteiger partial charge in [-0.25, -0.2) is 9.59 Å². The molecular formula is C27H22N2O5. The summed E-state index contributed by atoms with van der Waals surface area (Å²) < 4.78 is 5.58. The minimum absolute atomic E-state index is 0.0525. The fourth-order valence-electron chi connectivity index (χ4n) is 4.10. The highest BCUT2D eigenvalue weighted by molar-refractivity contribution is 5.98. The van der Waals surface area contributed by atoms with Crippen LogP contribution in [-0.2, 0) is 9.53 Å². The number of carboxylic acids is 1. The molecule has 1 aliphatic rings. The van der Waals surface area contributed by atoms with Gasteiger partial charge in [0.05, 0.1) is 6.54 Å². The highest BCUT2D eigenvalue weighted by Gasteiger charge is 2.29. The van der Waals surface area contributed by atoms with Crippen LogP contribution in [0, 0.1) is 18.8 Å². The monoisotopic (exact) mass is 454 g/mol. The smallest absolute Gasteiger partial charge is 0.411 e. The molecule has 0 spiro atoms. The zero-order valence-corrected chi connectivity index (χ0v) is 18.4. The summed E-state index contributed by atoms with van der Waals surface area (Å²) in [6, 6.07) is 21.1. The molecule has 0 radical (unpaired) electrons. The Morgan fingerprint density at radius 1 is 0.941 bits per heavy atom. The van der Waals surface area contributed by atoms with Crippen molar-refractivity contribution in [3.8, 4) is 23.0 Å². The van der Waals surface area contributed by atoms with Crippen molar-refractivity contribution < 1.29 is 24.2 Å². The normalized spacial score (nSPS) is 11.4. The lowest BCUT2D eigenvalue weighted by Gasteiger charge is -2.16. The molecule has 7 heteroatoms. The molecule has 2 amide bonds. The van der Waals surface area contributed by atoms with Crippen LogP contribution in [0.2, 0.25) is 0 Å². The van der Waals surface area contributed by atoms with Gasteiger partial charge in [0.15, 0.2) is 0 Å². The van der Waals surface area contributed by atoms with E-state index in [4.69, 9.17) is 9.84 Å². The molecule has 0 saturated carbocycles. The van der Waals surface area contributed by atoms with Crippen molar-refractivity contribution in [3.05, 3.63) is 89.0 Å². The lowest BCUT2D eigenvalue weighted by atomic mass is 9.98. The van der Waals surface area contributed by atoms with E-state index >= 15 is 0 Å². The summed E-state index contributed by atoms with van der Waals surface area (Å²) in [4.78, 5) is 35.4. The Balaban J connectivity index is 1.41. The van der Waals surface area contributed by atoms with E-state index in [2.05, 4.69) is 28.7 Å². The summed E-state index contributed by atoms with van der Waals surface area (Å²) in [6.07, 6.45) is -0.616. The molecule has 0 fully saturated rings. The number of nitrogens with one attached hydrogen (secondary N) is 2. The first kappa shape index (κ1) is 22.6. The summed E-state index contributed by atoms with van der Waals surface area (Å²) >= 11 is 0. The Labute approximate surface area is 196 Å². The Kier molecular flexibility index (Phi) is 6.60. The standard InChI is InChI=1S/C27H22N2O5/c1-17-18(26(32)28-15-7-14-25(30)31)12-6-13-24(17)29-27(33)34-16-23-21-10-4-2-8-19(21)20-9-3-5-11-22(20)23/h2-6,8-13,23H,15-16H2,1H3,(H,28,32)(H,29,33)(H,30,31). The second-order valence-electron chi connectivity index (χ2n) is 7.72. The molecule has 3 aromatic rings. The zero-order valence-electron chi connectivity index (χ0n) is 18.4. The lowest BCUT2D eigenvalue weighted by molar-refractivity contribution is -0.130. The zero-order chi connectivity index (χ0) is 24.1. The topological polar surface area (TPSA) is 105 Å². The quantitative estimate of drug-likeness (QED) is 0.502. The molecule has 3 N–H and O–H groups in total. The van der Waals surface area contributed by atoms with Crippen LogP contribution in [-0.4, -0.2) is 36.2 Å². The summed E-state index contributed by atoms with van der Waals surface area (Å²) in [5.74, 6) is 2.53. The molecule has 1 aliphatic carbocycles. The Bertz CT molecular complexity index is 1290. The first-order valence-corrected chi connectivity index (χ1v) is 10.7. The minimum atomic E-state index is -1.26. The fourth-order valence-corrected chi connectivity index (χ4v) is 4.10. The van der Waals surface area contributed by atoms with Gasteiger partial charge in [0.1, 0.15) is 6.61 Å². The first-order valence-electron chi connectivity index (χ1n) is 10.7. The molecule has 0 aliphatic heterocycles. The van der Waals surface area contributed by atoms with Crippen LogP contribution in [0.25, 0.3) is 11.1 Å². The predicted octanol–water partition coefficient (Wildman–Crippen LogP) is 4.17. The largest absolute Gasteiger partial charge is 0.472 e. The number of carboxylic acid groups (broad SMARTS) is 1. The van der Waals surface area contributed by atoms with Crippen LogP contribution >= 0.6 is 0 Å². The number of carbonyl (C=O) groups excluding carboxylic acids is 2. The van der Waals surface area contributed by atoms with Gasteiger partial charge in [-0.3, -0.25) is 10.1 Å². The summed E-state index contributed by atoms with van der Waals surface area (Å²) in [5, 5.41) is 13.8. The van der Waals surface area contributed by atoms with E-state index in [0.29, 0.717) is 16.8 Å². The second kappa shape index (κ2) is 9.92. The average Bonchev–Trinajstić information content (AvgIpc) is 3.15. The first-order chi connectivity index (χ1) is 16.5. The van der Waals surface area contributed by atoms with Crippen molar-refractivity contribution in [2.75, 3.05) is 18.5 Å². The number of amides is 2. The van der Waals surface area contributed by atoms with E-state index < -0.39 is 18.0 Å². The van der Waals surface area contributed by atoms with Crippen LogP contribution in [0.3, 0.4) is 0 Å². The summed E-state index contributed by atoms with van der Waals surface area (Å²) in [5.41, 5.74) is 5.88. The van der Waals surface area contributed by atoms with Gasteiger partial charge in [0.2, 0.25) is 0 Å². The number of rotatable bonds is 5. The van der Waals surface area contributed by atoms with Crippen LogP contribution in [0.4, 0.5) is 10.5 Å². The number of ether oxygens (including phenoxy) is 1. The molecule has 0 bridgehead atoms. The van der Waals surface area contributed by atoms with Crippen LogP contribution < -0.4 is 10.6 Å². The fraction of sp³-hybridized carbons (Fsp3) is 0.148. The van der Waals surface area contributed by atoms with E-state index in [1.54, 1.807) is 25.1 Å². The van der Waals surface area contributed by atoms with Crippen molar-refractivity contribution in [2.24, 2.45) is 0 Å². The number of fused-ring (bicyclic) bond motifs is 3. The van der Waals surface area contributed by atoms with Gasteiger partial charge >= 0.3 is 12.1 Å². The Hall–Kier alpha value is -4.57. The molecule has 4 rings (SSSR count). The van der Waals surface area contributed by atoms with E-state index in [1.165, 1.54) is 0 Å². The van der Waals surface area contributed by atoms with Gasteiger partial charge in [-0.1, -0.05) is 60.5 Å². The number of hydrogen-bond acceptors (Lipinski definition) is 4. The molecule has 7 nitrogen and oxygen atoms in total. The average molecular weight is 454 g/mol. The van der Waals surface area contributed by atoms with Crippen LogP contribution in [0.15, 0.2) is 66.7 Å². The highest BCUT2D eigenvalue weighted by Crippen LogP contribution is 2.44. The van der Waals surface area contributed by atoms with Gasteiger partial charge in [0, 0.05) is 23.1 Å². The molecule has 3 aromatic carbocycles. The lowest BCUT2D eigenvalue weighted by Crippen LogP contribution is -2.25. The second-order valence-corrected chi connectivity index (χ2v) is 7.72. The molecule has 0 unspecified atom stereocenters. The van der Waals surface area contributed by atoms with E-state index in [1.807, 2.05) is 42.3 Å². The predicted molar refractivity (Wildman–Crippen MR) is 128 cm³/mol. The van der Waals surface area contributed by atoms with Gasteiger partial charge in [-0.05, 0) is 46.9 Å². The number of benzene rings is 3. The van der Waals surface area contributed by atoms with Crippen molar-refractivity contribution >= 4 is 23.7 Å². The molecule has 0 saturated heterocycles. The van der Waals surface area contributed by atoms with Crippen molar-refractivity contribution in [1.82, 2.24) is 5.32 Å². The van der Waals surface area contributed by atoms with Gasteiger partial charge in [-0.2, -0.15) is 0 Å². The number of anilines is 1. The minimum Gasteiger partial charge on any atom is -0.472 e. The number of carbonyl (C=O) groups is 3. The molecule has 0 heterocycles. The van der Waals surface area contributed by atoms with Gasteiger partial charge in [0.25, 0.3) is 5.91 Å². The third-order valence-corrected chi connectivity index (χ3v) is 5.69. The van der Waals surface area contributed by atoms with E-state index in [9.17, 15) is 14.4 Å². The van der Waals surface area contributed by atoms with Crippen LogP contribution in [0.5, 0.6) is 0 Å². The Morgan fingerprint density at radius 3 is 2.24 bits per heavy atom. The van der Waals surface area contributed by atoms with Crippen molar-refractivity contribution in [3.63, 3.8) is 0 Å². The third-order valence-electron chi connectivity index (χ3n) is 5.69. The maximum Gasteiger partial charge on any atom is 0.411 e. The highest BCUT2D eigenvalue weighted by atomic mass is 16.5. The molecular weight excluding hydrogens is 432 g/mol. The number of aliphatic carboxylic acids is 1. The molecule has 170 valence electrons. The van der Waals surface area contributed by atoms with Gasteiger partial charge in [-0.15, -0.1) is 0 Å². The molecule has 34 heavy (non-hydrogen) atoms. The van der Waals surface area contributed by atoms with Crippen molar-refractivity contribution in [1.29, 1.82) is 0 Å². The van der Waals surface area contributed by atoms with Crippen molar-refractivity contribution in [2.45, 2.75) is 12.8 Å². The number of hydrogen-bond donors (Lipinski definition) is 3. The molecule has 0 aromatic heterocycles. The van der Waals surface area contributed by atoms with Crippen LogP contribution in [0.1, 0.15) is 33.0 Å². The maximum atomic E-state index is 12.6. The summed E-state index contributed by atoms with van der Waals surface area (Å²) in [6.45, 7) is 1.78. The van der Waals surface area contributed by atoms with Gasteiger partial charge < -0.3 is 15.2 Å². The van der Waals surface area contributed by atoms with E-state index in [-0.39, 0.29) is 19.1 Å². The summed E-state index contributed by atoms with van der Waals surface area (Å²) in [7, 11) is 0. The Morgan fingerprint density at radius 2 is 1.59 bits per heavy atom.